The molecule has 24 heavy (non-hydrogen) atoms. The van der Waals surface area contributed by atoms with Crippen molar-refractivity contribution in [2.75, 3.05) is 25.0 Å². The average molecular weight is 347 g/mol. The SMILES string of the molecule is O=C(NCC(=O)N1CCCC1)Nc1ccccc1SC1CCCC1. The average Bonchev–Trinajstić information content (AvgIpc) is 3.28. The molecule has 2 N–H and O–H groups in total. The summed E-state index contributed by atoms with van der Waals surface area (Å²) in [4.78, 5) is 27.0. The van der Waals surface area contributed by atoms with Crippen molar-refractivity contribution in [2.24, 2.45) is 0 Å². The standard InChI is InChI=1S/C18H25N3O2S/c22-17(21-11-5-6-12-21)13-19-18(23)20-15-9-3-4-10-16(15)24-14-7-1-2-8-14/h3-4,9-10,14H,1-2,5-8,11-13H2,(H2,19,20,23). The number of likely N-dealkylation sites (tertiary alicyclic amines) is 1. The molecule has 2 aliphatic rings. The van der Waals surface area contributed by atoms with Gasteiger partial charge in [-0.1, -0.05) is 25.0 Å². The Morgan fingerprint density at radius 2 is 1.79 bits per heavy atom. The second-order valence-electron chi connectivity index (χ2n) is 6.42. The molecule has 1 aliphatic carbocycles. The molecule has 0 unspecified atom stereocenters. The highest BCUT2D eigenvalue weighted by Gasteiger charge is 2.20. The lowest BCUT2D eigenvalue weighted by molar-refractivity contribution is -0.128. The third-order valence-electron chi connectivity index (χ3n) is 4.59. The Bertz CT molecular complexity index is 581. The molecule has 1 heterocycles. The van der Waals surface area contributed by atoms with E-state index in [4.69, 9.17) is 0 Å². The van der Waals surface area contributed by atoms with Crippen molar-refractivity contribution in [3.05, 3.63) is 24.3 Å². The number of nitrogens with zero attached hydrogens (tertiary/aromatic N) is 1. The van der Waals surface area contributed by atoms with Crippen molar-refractivity contribution < 1.29 is 9.59 Å². The van der Waals surface area contributed by atoms with Crippen LogP contribution in [-0.4, -0.2) is 41.7 Å². The van der Waals surface area contributed by atoms with E-state index in [9.17, 15) is 9.59 Å². The van der Waals surface area contributed by atoms with Crippen molar-refractivity contribution in [3.63, 3.8) is 0 Å². The van der Waals surface area contributed by atoms with Crippen LogP contribution in [0.15, 0.2) is 29.2 Å². The zero-order chi connectivity index (χ0) is 16.8. The van der Waals surface area contributed by atoms with Crippen molar-refractivity contribution in [1.29, 1.82) is 0 Å². The molecule has 2 fully saturated rings. The summed E-state index contributed by atoms with van der Waals surface area (Å²) in [7, 11) is 0. The van der Waals surface area contributed by atoms with Crippen molar-refractivity contribution in [1.82, 2.24) is 10.2 Å². The van der Waals surface area contributed by atoms with Gasteiger partial charge in [0.15, 0.2) is 0 Å². The second kappa shape index (κ2) is 8.42. The monoisotopic (exact) mass is 347 g/mol. The minimum Gasteiger partial charge on any atom is -0.341 e. The number of carbonyl (C=O) groups is 2. The second-order valence-corrected chi connectivity index (χ2v) is 7.76. The van der Waals surface area contributed by atoms with Crippen LogP contribution in [0.2, 0.25) is 0 Å². The number of carbonyl (C=O) groups excluding carboxylic acids is 2. The normalized spacial score (nSPS) is 17.9. The fraction of sp³-hybridized carbons (Fsp3) is 0.556. The molecule has 0 atom stereocenters. The zero-order valence-electron chi connectivity index (χ0n) is 13.9. The molecule has 130 valence electrons. The molecule has 1 saturated carbocycles. The lowest BCUT2D eigenvalue weighted by Crippen LogP contribution is -2.40. The van der Waals surface area contributed by atoms with E-state index in [0.717, 1.165) is 36.5 Å². The van der Waals surface area contributed by atoms with Crippen molar-refractivity contribution >= 4 is 29.4 Å². The van der Waals surface area contributed by atoms with E-state index >= 15 is 0 Å². The van der Waals surface area contributed by atoms with E-state index in [1.807, 2.05) is 40.9 Å². The maximum atomic E-state index is 12.1. The molecular weight excluding hydrogens is 322 g/mol. The smallest absolute Gasteiger partial charge is 0.319 e. The number of urea groups is 1. The maximum Gasteiger partial charge on any atom is 0.319 e. The Labute approximate surface area is 147 Å². The van der Waals surface area contributed by atoms with Gasteiger partial charge in [-0.05, 0) is 37.8 Å². The lowest BCUT2D eigenvalue weighted by atomic mass is 10.3. The summed E-state index contributed by atoms with van der Waals surface area (Å²) in [5.74, 6) is -0.00346. The van der Waals surface area contributed by atoms with Gasteiger partial charge in [-0.25, -0.2) is 4.79 Å². The predicted molar refractivity (Wildman–Crippen MR) is 97.4 cm³/mol. The van der Waals surface area contributed by atoms with Gasteiger partial charge >= 0.3 is 6.03 Å². The first kappa shape index (κ1) is 17.1. The van der Waals surface area contributed by atoms with E-state index in [1.54, 1.807) is 0 Å². The molecular formula is C18H25N3O2S. The highest BCUT2D eigenvalue weighted by atomic mass is 32.2. The number of anilines is 1. The van der Waals surface area contributed by atoms with Crippen LogP contribution in [0.25, 0.3) is 0 Å². The fourth-order valence-electron chi connectivity index (χ4n) is 3.26. The zero-order valence-corrected chi connectivity index (χ0v) is 14.7. The van der Waals surface area contributed by atoms with Crippen LogP contribution in [0, 0.1) is 0 Å². The Balaban J connectivity index is 1.51. The van der Waals surface area contributed by atoms with Gasteiger partial charge in [0.2, 0.25) is 5.91 Å². The van der Waals surface area contributed by atoms with Crippen molar-refractivity contribution in [2.45, 2.75) is 48.7 Å². The number of para-hydroxylation sites is 1. The van der Waals surface area contributed by atoms with Gasteiger partial charge in [0.1, 0.15) is 0 Å². The molecule has 0 aromatic heterocycles. The van der Waals surface area contributed by atoms with Gasteiger partial charge < -0.3 is 15.5 Å². The van der Waals surface area contributed by atoms with Crippen LogP contribution >= 0.6 is 11.8 Å². The first-order valence-corrected chi connectivity index (χ1v) is 9.68. The van der Waals surface area contributed by atoms with Crippen LogP contribution in [0.3, 0.4) is 0 Å². The highest BCUT2D eigenvalue weighted by Crippen LogP contribution is 2.37. The quantitative estimate of drug-likeness (QED) is 0.857. The largest absolute Gasteiger partial charge is 0.341 e. The number of thioether (sulfide) groups is 1. The Hall–Kier alpha value is -1.69. The Morgan fingerprint density at radius 1 is 1.08 bits per heavy atom. The molecule has 1 aliphatic heterocycles. The van der Waals surface area contributed by atoms with Crippen LogP contribution in [0.5, 0.6) is 0 Å². The first-order chi connectivity index (χ1) is 11.7. The minimum absolute atomic E-state index is 0.00346. The summed E-state index contributed by atoms with van der Waals surface area (Å²) in [6, 6.07) is 7.57. The summed E-state index contributed by atoms with van der Waals surface area (Å²) in [6.45, 7) is 1.68. The molecule has 5 nitrogen and oxygen atoms in total. The van der Waals surface area contributed by atoms with Crippen LogP contribution < -0.4 is 10.6 Å². The number of rotatable bonds is 5. The van der Waals surface area contributed by atoms with Crippen molar-refractivity contribution in [3.8, 4) is 0 Å². The van der Waals surface area contributed by atoms with Gasteiger partial charge in [-0.3, -0.25) is 4.79 Å². The summed E-state index contributed by atoms with van der Waals surface area (Å²) in [6.07, 6.45) is 7.21. The number of hydrogen-bond acceptors (Lipinski definition) is 3. The van der Waals surface area contributed by atoms with Gasteiger partial charge in [-0.15, -0.1) is 11.8 Å². The van der Waals surface area contributed by atoms with E-state index in [0.29, 0.717) is 5.25 Å². The summed E-state index contributed by atoms with van der Waals surface area (Å²) >= 11 is 1.85. The molecule has 0 radical (unpaired) electrons. The molecule has 6 heteroatoms. The van der Waals surface area contributed by atoms with E-state index in [1.165, 1.54) is 25.7 Å². The minimum atomic E-state index is -0.318. The van der Waals surface area contributed by atoms with Gasteiger partial charge in [0.25, 0.3) is 0 Å². The highest BCUT2D eigenvalue weighted by molar-refractivity contribution is 8.00. The van der Waals surface area contributed by atoms with E-state index in [2.05, 4.69) is 10.6 Å². The third kappa shape index (κ3) is 4.66. The predicted octanol–water partition coefficient (Wildman–Crippen LogP) is 3.47. The first-order valence-electron chi connectivity index (χ1n) is 8.81. The summed E-state index contributed by atoms with van der Waals surface area (Å²) in [5.41, 5.74) is 0.820. The Morgan fingerprint density at radius 3 is 2.54 bits per heavy atom. The summed E-state index contributed by atoms with van der Waals surface area (Å²) < 4.78 is 0. The van der Waals surface area contributed by atoms with Crippen LogP contribution in [-0.2, 0) is 4.79 Å². The van der Waals surface area contributed by atoms with Crippen LogP contribution in [0.4, 0.5) is 10.5 Å². The number of benzene rings is 1. The molecule has 1 saturated heterocycles. The number of hydrogen-bond donors (Lipinski definition) is 2. The van der Waals surface area contributed by atoms with E-state index in [-0.39, 0.29) is 18.5 Å². The van der Waals surface area contributed by atoms with Crippen LogP contribution in [0.1, 0.15) is 38.5 Å². The van der Waals surface area contributed by atoms with Gasteiger partial charge in [0, 0.05) is 23.2 Å². The topological polar surface area (TPSA) is 61.4 Å². The molecule has 3 rings (SSSR count). The molecule has 1 aromatic carbocycles. The molecule has 0 spiro atoms. The lowest BCUT2D eigenvalue weighted by Gasteiger charge is -2.17. The Kier molecular flexibility index (Phi) is 6.01. The number of amides is 3. The third-order valence-corrected chi connectivity index (χ3v) is 6.00. The molecule has 3 amide bonds. The van der Waals surface area contributed by atoms with E-state index < -0.39 is 0 Å². The van der Waals surface area contributed by atoms with Gasteiger partial charge in [-0.2, -0.15) is 0 Å². The molecule has 0 bridgehead atoms. The number of nitrogens with one attached hydrogen (secondary N) is 2. The maximum absolute atomic E-state index is 12.1. The fourth-order valence-corrected chi connectivity index (χ4v) is 4.59. The van der Waals surface area contributed by atoms with Gasteiger partial charge in [0.05, 0.1) is 12.2 Å². The summed E-state index contributed by atoms with van der Waals surface area (Å²) in [5, 5.41) is 6.21. The molecule has 1 aromatic rings.